The van der Waals surface area contributed by atoms with Gasteiger partial charge in [0.05, 0.1) is 12.8 Å². The van der Waals surface area contributed by atoms with Crippen LogP contribution in [-0.4, -0.2) is 25.0 Å². The van der Waals surface area contributed by atoms with Crippen LogP contribution < -0.4 is 15.4 Å². The van der Waals surface area contributed by atoms with Gasteiger partial charge in [0.2, 0.25) is 0 Å². The van der Waals surface area contributed by atoms with Crippen molar-refractivity contribution in [3.05, 3.63) is 24.3 Å². The van der Waals surface area contributed by atoms with Crippen molar-refractivity contribution >= 4 is 17.5 Å². The molecule has 90 valence electrons. The molecule has 0 bridgehead atoms. The van der Waals surface area contributed by atoms with Crippen LogP contribution in [0.25, 0.3) is 0 Å². The lowest BCUT2D eigenvalue weighted by Gasteiger charge is -2.09. The summed E-state index contributed by atoms with van der Waals surface area (Å²) < 4.78 is 5.07. The number of amides is 2. The molecule has 17 heavy (non-hydrogen) atoms. The zero-order valence-electron chi connectivity index (χ0n) is 9.53. The molecule has 0 aromatic heterocycles. The Morgan fingerprint density at radius 2 is 1.94 bits per heavy atom. The van der Waals surface area contributed by atoms with Crippen molar-refractivity contribution in [2.45, 2.75) is 18.9 Å². The molecule has 0 atom stereocenters. The predicted octanol–water partition coefficient (Wildman–Crippen LogP) is 0.912. The predicted molar refractivity (Wildman–Crippen MR) is 62.8 cm³/mol. The molecule has 2 rings (SSSR count). The molecule has 1 aliphatic rings. The van der Waals surface area contributed by atoms with Gasteiger partial charge in [-0.3, -0.25) is 9.59 Å². The van der Waals surface area contributed by atoms with Crippen molar-refractivity contribution in [1.82, 2.24) is 5.32 Å². The van der Waals surface area contributed by atoms with Gasteiger partial charge in [-0.25, -0.2) is 0 Å². The van der Waals surface area contributed by atoms with Gasteiger partial charge in [-0.15, -0.1) is 0 Å². The molecule has 0 spiro atoms. The van der Waals surface area contributed by atoms with Crippen LogP contribution in [0.3, 0.4) is 0 Å². The Labute approximate surface area is 99.2 Å². The number of carbonyl (C=O) groups is 2. The fraction of sp³-hybridized carbons (Fsp3) is 0.333. The topological polar surface area (TPSA) is 67.4 Å². The Morgan fingerprint density at radius 1 is 1.24 bits per heavy atom. The first-order valence-electron chi connectivity index (χ1n) is 5.45. The maximum absolute atomic E-state index is 11.6. The highest BCUT2D eigenvalue weighted by Gasteiger charge is 2.26. The summed E-state index contributed by atoms with van der Waals surface area (Å²) in [7, 11) is 1.51. The Hall–Kier alpha value is -2.04. The van der Waals surface area contributed by atoms with Crippen molar-refractivity contribution in [2.24, 2.45) is 0 Å². The number of para-hydroxylation sites is 2. The molecule has 1 aromatic carbocycles. The van der Waals surface area contributed by atoms with Crippen LogP contribution in [0.5, 0.6) is 5.75 Å². The van der Waals surface area contributed by atoms with E-state index in [4.69, 9.17) is 4.74 Å². The maximum Gasteiger partial charge on any atom is 0.313 e. The lowest BCUT2D eigenvalue weighted by Crippen LogP contribution is -2.36. The normalized spacial score (nSPS) is 13.9. The monoisotopic (exact) mass is 234 g/mol. The fourth-order valence-corrected chi connectivity index (χ4v) is 1.41. The van der Waals surface area contributed by atoms with E-state index in [9.17, 15) is 9.59 Å². The molecule has 2 amide bonds. The van der Waals surface area contributed by atoms with Crippen LogP contribution in [0.4, 0.5) is 5.69 Å². The molecule has 5 heteroatoms. The highest BCUT2D eigenvalue weighted by atomic mass is 16.5. The third-order valence-electron chi connectivity index (χ3n) is 2.47. The molecule has 5 nitrogen and oxygen atoms in total. The van der Waals surface area contributed by atoms with Crippen LogP contribution in [0, 0.1) is 0 Å². The van der Waals surface area contributed by atoms with E-state index >= 15 is 0 Å². The van der Waals surface area contributed by atoms with Crippen LogP contribution in [0.1, 0.15) is 12.8 Å². The summed E-state index contributed by atoms with van der Waals surface area (Å²) in [5, 5.41) is 5.14. The van der Waals surface area contributed by atoms with Gasteiger partial charge in [0.25, 0.3) is 0 Å². The molecule has 0 radical (unpaired) electrons. The average Bonchev–Trinajstić information content (AvgIpc) is 3.13. The first kappa shape index (κ1) is 11.4. The molecular weight excluding hydrogens is 220 g/mol. The fourth-order valence-electron chi connectivity index (χ4n) is 1.41. The Balaban J connectivity index is 1.98. The minimum atomic E-state index is -0.665. The van der Waals surface area contributed by atoms with E-state index in [0.29, 0.717) is 11.4 Å². The highest BCUT2D eigenvalue weighted by molar-refractivity contribution is 6.39. The molecule has 1 saturated carbocycles. The summed E-state index contributed by atoms with van der Waals surface area (Å²) in [6.45, 7) is 0. The van der Waals surface area contributed by atoms with Crippen LogP contribution in [0.15, 0.2) is 24.3 Å². The zero-order chi connectivity index (χ0) is 12.3. The Morgan fingerprint density at radius 3 is 2.59 bits per heavy atom. The van der Waals surface area contributed by atoms with Gasteiger partial charge in [-0.1, -0.05) is 12.1 Å². The number of rotatable bonds is 3. The van der Waals surface area contributed by atoms with Crippen LogP contribution >= 0.6 is 0 Å². The molecule has 2 N–H and O–H groups in total. The van der Waals surface area contributed by atoms with E-state index in [-0.39, 0.29) is 6.04 Å². The number of benzene rings is 1. The number of ether oxygens (including phenoxy) is 1. The summed E-state index contributed by atoms with van der Waals surface area (Å²) in [4.78, 5) is 23.0. The second kappa shape index (κ2) is 4.86. The summed E-state index contributed by atoms with van der Waals surface area (Å²) >= 11 is 0. The van der Waals surface area contributed by atoms with E-state index < -0.39 is 11.8 Å². The van der Waals surface area contributed by atoms with Crippen molar-refractivity contribution in [2.75, 3.05) is 12.4 Å². The first-order chi connectivity index (χ1) is 8.20. The smallest absolute Gasteiger partial charge is 0.313 e. The van der Waals surface area contributed by atoms with E-state index in [0.717, 1.165) is 12.8 Å². The summed E-state index contributed by atoms with van der Waals surface area (Å²) in [6.07, 6.45) is 1.90. The number of methoxy groups -OCH3 is 1. The number of anilines is 1. The van der Waals surface area contributed by atoms with Crippen molar-refractivity contribution in [3.63, 3.8) is 0 Å². The molecular formula is C12H14N2O3. The molecule has 1 aliphatic carbocycles. The third-order valence-corrected chi connectivity index (χ3v) is 2.47. The minimum Gasteiger partial charge on any atom is -0.495 e. The molecule has 1 fully saturated rings. The van der Waals surface area contributed by atoms with Gasteiger partial charge >= 0.3 is 11.8 Å². The second-order valence-electron chi connectivity index (χ2n) is 3.90. The summed E-state index contributed by atoms with van der Waals surface area (Å²) in [5.74, 6) is -0.736. The first-order valence-corrected chi connectivity index (χ1v) is 5.45. The maximum atomic E-state index is 11.6. The summed E-state index contributed by atoms with van der Waals surface area (Å²) in [5.41, 5.74) is 0.492. The van der Waals surface area contributed by atoms with Gasteiger partial charge in [0.1, 0.15) is 5.75 Å². The third kappa shape index (κ3) is 2.96. The molecule has 0 saturated heterocycles. The van der Waals surface area contributed by atoms with Crippen molar-refractivity contribution in [3.8, 4) is 5.75 Å². The second-order valence-corrected chi connectivity index (χ2v) is 3.90. The van der Waals surface area contributed by atoms with Crippen molar-refractivity contribution in [1.29, 1.82) is 0 Å². The van der Waals surface area contributed by atoms with Gasteiger partial charge in [0, 0.05) is 6.04 Å². The number of hydrogen-bond acceptors (Lipinski definition) is 3. The molecule has 0 heterocycles. The van der Waals surface area contributed by atoms with Gasteiger partial charge in [-0.05, 0) is 25.0 Å². The van der Waals surface area contributed by atoms with Crippen LogP contribution in [-0.2, 0) is 9.59 Å². The largest absolute Gasteiger partial charge is 0.495 e. The van der Waals surface area contributed by atoms with Gasteiger partial charge < -0.3 is 15.4 Å². The Bertz CT molecular complexity index is 441. The van der Waals surface area contributed by atoms with Gasteiger partial charge in [0.15, 0.2) is 0 Å². The zero-order valence-corrected chi connectivity index (χ0v) is 9.53. The minimum absolute atomic E-state index is 0.172. The van der Waals surface area contributed by atoms with E-state index in [1.54, 1.807) is 24.3 Å². The number of nitrogens with one attached hydrogen (secondary N) is 2. The van der Waals surface area contributed by atoms with E-state index in [1.807, 2.05) is 0 Å². The molecule has 0 unspecified atom stereocenters. The molecule has 0 aliphatic heterocycles. The summed E-state index contributed by atoms with van der Waals surface area (Å²) in [6, 6.07) is 7.12. The number of hydrogen-bond donors (Lipinski definition) is 2. The Kier molecular flexibility index (Phi) is 3.27. The van der Waals surface area contributed by atoms with E-state index in [1.165, 1.54) is 7.11 Å². The quantitative estimate of drug-likeness (QED) is 0.764. The lowest BCUT2D eigenvalue weighted by molar-refractivity contribution is -0.136. The standard InChI is InChI=1S/C12H14N2O3/c1-17-10-5-3-2-4-9(10)14-12(16)11(15)13-8-6-7-8/h2-5,8H,6-7H2,1H3,(H,13,15)(H,14,16). The SMILES string of the molecule is COc1ccccc1NC(=O)C(=O)NC1CC1. The van der Waals surface area contributed by atoms with Crippen LogP contribution in [0.2, 0.25) is 0 Å². The van der Waals surface area contributed by atoms with Crippen molar-refractivity contribution < 1.29 is 14.3 Å². The highest BCUT2D eigenvalue weighted by Crippen LogP contribution is 2.23. The average molecular weight is 234 g/mol. The van der Waals surface area contributed by atoms with Gasteiger partial charge in [-0.2, -0.15) is 0 Å². The van der Waals surface area contributed by atoms with E-state index in [2.05, 4.69) is 10.6 Å². The molecule has 1 aromatic rings. The number of carbonyl (C=O) groups excluding carboxylic acids is 2. The lowest BCUT2D eigenvalue weighted by atomic mass is 10.3.